The van der Waals surface area contributed by atoms with Gasteiger partial charge < -0.3 is 0 Å². The van der Waals surface area contributed by atoms with Crippen molar-refractivity contribution in [3.05, 3.63) is 88.2 Å². The van der Waals surface area contributed by atoms with Gasteiger partial charge in [0.1, 0.15) is 5.82 Å². The summed E-state index contributed by atoms with van der Waals surface area (Å²) in [5.41, 5.74) is 2.71. The van der Waals surface area contributed by atoms with Gasteiger partial charge in [0.25, 0.3) is 0 Å². The van der Waals surface area contributed by atoms with Gasteiger partial charge in [0.15, 0.2) is 5.16 Å². The molecular formula is C19H15FN4OS. The molecule has 2 heterocycles. The van der Waals surface area contributed by atoms with Crippen LogP contribution in [0.1, 0.15) is 11.1 Å². The van der Waals surface area contributed by atoms with Gasteiger partial charge in [0.05, 0.1) is 5.69 Å². The monoisotopic (exact) mass is 366 g/mol. The lowest BCUT2D eigenvalue weighted by Gasteiger charge is -2.06. The van der Waals surface area contributed by atoms with Gasteiger partial charge in [-0.3, -0.25) is 13.8 Å². The third-order valence-electron chi connectivity index (χ3n) is 4.01. The fourth-order valence-corrected chi connectivity index (χ4v) is 3.50. The Morgan fingerprint density at radius 1 is 1.08 bits per heavy atom. The molecule has 130 valence electrons. The van der Waals surface area contributed by atoms with Gasteiger partial charge in [-0.25, -0.2) is 4.39 Å². The summed E-state index contributed by atoms with van der Waals surface area (Å²) in [5, 5.41) is 8.79. The highest BCUT2D eigenvalue weighted by Crippen LogP contribution is 2.21. The molecule has 0 atom stereocenters. The number of nitrogens with zero attached hydrogens (tertiary/aromatic N) is 4. The SMILES string of the molecule is Cc1ccc(CSc2nnc3c(=O)n(-c4cccc(F)c4)ccn23)cc1. The smallest absolute Gasteiger partial charge is 0.279 e. The molecule has 0 aliphatic carbocycles. The Morgan fingerprint density at radius 2 is 1.88 bits per heavy atom. The summed E-state index contributed by atoms with van der Waals surface area (Å²) in [4.78, 5) is 12.7. The zero-order valence-corrected chi connectivity index (χ0v) is 14.8. The number of hydrogen-bond acceptors (Lipinski definition) is 4. The zero-order valence-electron chi connectivity index (χ0n) is 14.0. The van der Waals surface area contributed by atoms with Gasteiger partial charge in [0.2, 0.25) is 5.65 Å². The van der Waals surface area contributed by atoms with Gasteiger partial charge in [0, 0.05) is 18.1 Å². The molecule has 2 aromatic carbocycles. The van der Waals surface area contributed by atoms with E-state index in [1.807, 2.05) is 6.92 Å². The summed E-state index contributed by atoms with van der Waals surface area (Å²) in [6.45, 7) is 2.05. The van der Waals surface area contributed by atoms with E-state index in [4.69, 9.17) is 0 Å². The summed E-state index contributed by atoms with van der Waals surface area (Å²) < 4.78 is 16.5. The predicted octanol–water partition coefficient (Wildman–Crippen LogP) is 3.62. The van der Waals surface area contributed by atoms with Crippen LogP contribution in [0.3, 0.4) is 0 Å². The predicted molar refractivity (Wildman–Crippen MR) is 99.3 cm³/mol. The van der Waals surface area contributed by atoms with E-state index in [9.17, 15) is 9.18 Å². The minimum absolute atomic E-state index is 0.211. The number of aryl methyl sites for hydroxylation is 1. The van der Waals surface area contributed by atoms with Gasteiger partial charge in [-0.05, 0) is 30.7 Å². The molecular weight excluding hydrogens is 351 g/mol. The van der Waals surface area contributed by atoms with Crippen LogP contribution in [-0.2, 0) is 5.75 Å². The lowest BCUT2D eigenvalue weighted by molar-refractivity contribution is 0.626. The zero-order chi connectivity index (χ0) is 18.1. The van der Waals surface area contributed by atoms with Crippen LogP contribution in [0.15, 0.2) is 70.9 Å². The fraction of sp³-hybridized carbons (Fsp3) is 0.105. The van der Waals surface area contributed by atoms with E-state index >= 15 is 0 Å². The first-order valence-electron chi connectivity index (χ1n) is 8.02. The molecule has 0 unspecified atom stereocenters. The van der Waals surface area contributed by atoms with Gasteiger partial charge in [-0.15, -0.1) is 10.2 Å². The largest absolute Gasteiger partial charge is 0.300 e. The molecule has 0 saturated heterocycles. The number of fused-ring (bicyclic) bond motifs is 1. The summed E-state index contributed by atoms with van der Waals surface area (Å²) in [6, 6.07) is 14.2. The number of rotatable bonds is 4. The van der Waals surface area contributed by atoms with E-state index in [2.05, 4.69) is 34.5 Å². The Balaban J connectivity index is 1.66. The van der Waals surface area contributed by atoms with Crippen molar-refractivity contribution in [3.8, 4) is 5.69 Å². The maximum Gasteiger partial charge on any atom is 0.300 e. The second-order valence-corrected chi connectivity index (χ2v) is 6.85. The number of benzene rings is 2. The van der Waals surface area contributed by atoms with Crippen molar-refractivity contribution in [2.75, 3.05) is 0 Å². The maximum absolute atomic E-state index is 13.4. The van der Waals surface area contributed by atoms with E-state index in [0.29, 0.717) is 10.8 Å². The number of halogens is 1. The molecule has 0 fully saturated rings. The van der Waals surface area contributed by atoms with Gasteiger partial charge >= 0.3 is 5.56 Å². The molecule has 0 spiro atoms. The molecule has 0 N–H and O–H groups in total. The third kappa shape index (κ3) is 3.13. The maximum atomic E-state index is 13.4. The Morgan fingerprint density at radius 3 is 2.65 bits per heavy atom. The van der Waals surface area contributed by atoms with Crippen LogP contribution >= 0.6 is 11.8 Å². The second-order valence-electron chi connectivity index (χ2n) is 5.90. The molecule has 0 saturated carbocycles. The molecule has 4 rings (SSSR count). The minimum atomic E-state index is -0.398. The first-order valence-corrected chi connectivity index (χ1v) is 9.01. The summed E-state index contributed by atoms with van der Waals surface area (Å²) in [6.07, 6.45) is 3.32. The quantitative estimate of drug-likeness (QED) is 0.518. The molecule has 2 aromatic heterocycles. The summed E-state index contributed by atoms with van der Waals surface area (Å²) >= 11 is 1.51. The Hall–Kier alpha value is -2.93. The van der Waals surface area contributed by atoms with Crippen molar-refractivity contribution in [3.63, 3.8) is 0 Å². The Bertz CT molecular complexity index is 1130. The molecule has 5 nitrogen and oxygen atoms in total. The third-order valence-corrected chi connectivity index (χ3v) is 5.03. The molecule has 4 aromatic rings. The lowest BCUT2D eigenvalue weighted by Crippen LogP contribution is -2.20. The number of thioether (sulfide) groups is 1. The fourth-order valence-electron chi connectivity index (χ4n) is 2.63. The van der Waals surface area contributed by atoms with E-state index < -0.39 is 5.82 Å². The highest BCUT2D eigenvalue weighted by atomic mass is 32.2. The topological polar surface area (TPSA) is 52.2 Å². The van der Waals surface area contributed by atoms with Crippen LogP contribution in [0.5, 0.6) is 0 Å². The van der Waals surface area contributed by atoms with Crippen LogP contribution in [0.25, 0.3) is 11.3 Å². The standard InChI is InChI=1S/C19H15FN4OS/c1-13-5-7-14(8-6-13)12-26-19-22-21-17-18(25)23(9-10-24(17)19)16-4-2-3-15(20)11-16/h2-11H,12H2,1H3. The molecule has 7 heteroatoms. The number of aromatic nitrogens is 4. The van der Waals surface area contributed by atoms with E-state index in [1.165, 1.54) is 39.6 Å². The van der Waals surface area contributed by atoms with Crippen LogP contribution in [0.2, 0.25) is 0 Å². The summed E-state index contributed by atoms with van der Waals surface area (Å²) in [5.74, 6) is 0.332. The lowest BCUT2D eigenvalue weighted by atomic mass is 10.2. The summed E-state index contributed by atoms with van der Waals surface area (Å²) in [7, 11) is 0. The highest BCUT2D eigenvalue weighted by molar-refractivity contribution is 7.98. The van der Waals surface area contributed by atoms with Gasteiger partial charge in [-0.2, -0.15) is 0 Å². The van der Waals surface area contributed by atoms with Crippen molar-refractivity contribution in [2.45, 2.75) is 17.8 Å². The second kappa shape index (κ2) is 6.76. The van der Waals surface area contributed by atoms with Crippen molar-refractivity contribution in [1.82, 2.24) is 19.2 Å². The average molecular weight is 366 g/mol. The van der Waals surface area contributed by atoms with Crippen molar-refractivity contribution >= 4 is 17.4 Å². The Labute approximate surface area is 153 Å². The average Bonchev–Trinajstić information content (AvgIpc) is 3.05. The molecule has 0 bridgehead atoms. The molecule has 0 aliphatic rings. The minimum Gasteiger partial charge on any atom is -0.279 e. The van der Waals surface area contributed by atoms with E-state index in [1.54, 1.807) is 28.9 Å². The molecule has 0 aliphatic heterocycles. The van der Waals surface area contributed by atoms with Crippen LogP contribution in [-0.4, -0.2) is 19.2 Å². The van der Waals surface area contributed by atoms with Crippen molar-refractivity contribution in [2.24, 2.45) is 0 Å². The van der Waals surface area contributed by atoms with Crippen molar-refractivity contribution in [1.29, 1.82) is 0 Å². The number of hydrogen-bond donors (Lipinski definition) is 0. The van der Waals surface area contributed by atoms with Gasteiger partial charge in [-0.1, -0.05) is 47.7 Å². The Kier molecular flexibility index (Phi) is 4.30. The molecule has 0 radical (unpaired) electrons. The van der Waals surface area contributed by atoms with Crippen LogP contribution < -0.4 is 5.56 Å². The first-order chi connectivity index (χ1) is 12.6. The van der Waals surface area contributed by atoms with E-state index in [0.717, 1.165) is 5.75 Å². The van der Waals surface area contributed by atoms with Crippen LogP contribution in [0, 0.1) is 12.7 Å². The first kappa shape index (κ1) is 16.5. The van der Waals surface area contributed by atoms with Crippen LogP contribution in [0.4, 0.5) is 4.39 Å². The molecule has 26 heavy (non-hydrogen) atoms. The van der Waals surface area contributed by atoms with E-state index in [-0.39, 0.29) is 11.2 Å². The normalized spacial score (nSPS) is 11.2. The molecule has 0 amide bonds. The van der Waals surface area contributed by atoms with Crippen molar-refractivity contribution < 1.29 is 4.39 Å². The highest BCUT2D eigenvalue weighted by Gasteiger charge is 2.12.